The molecule has 2 fully saturated rings. The predicted molar refractivity (Wildman–Crippen MR) is 129 cm³/mol. The highest BCUT2D eigenvalue weighted by Gasteiger charge is 2.47. The van der Waals surface area contributed by atoms with Crippen molar-refractivity contribution in [2.45, 2.75) is 37.1 Å². The molecule has 1 amide bonds. The Kier molecular flexibility index (Phi) is 5.64. The molecule has 4 nitrogen and oxygen atoms in total. The summed E-state index contributed by atoms with van der Waals surface area (Å²) in [7, 11) is 3.96. The number of piperidine rings is 1. The Labute approximate surface area is 190 Å². The molecule has 32 heavy (non-hydrogen) atoms. The standard InChI is InChI=1S/C28H32N2O2/c1-30-15-14-28(23-8-5-9-26(17-23)32-2)18-25(13-12-24(28)19-30)29-27(31)22-11-10-20-6-3-4-7-21(20)16-22/h3-11,16-17,24-25H,12-15,18-19H2,1-2H3,(H,29,31)/t24-,25+,28+/m1/s1. The molecule has 2 aliphatic rings. The predicted octanol–water partition coefficient (Wildman–Crippen LogP) is 5.02. The Bertz CT molecular complexity index is 1130. The van der Waals surface area contributed by atoms with Crippen molar-refractivity contribution in [1.29, 1.82) is 0 Å². The summed E-state index contributed by atoms with van der Waals surface area (Å²) < 4.78 is 5.55. The summed E-state index contributed by atoms with van der Waals surface area (Å²) in [6.07, 6.45) is 4.26. The van der Waals surface area contributed by atoms with Gasteiger partial charge in [-0.05, 0) is 85.8 Å². The highest BCUT2D eigenvalue weighted by Crippen LogP contribution is 2.49. The second kappa shape index (κ2) is 8.59. The average molecular weight is 429 g/mol. The molecule has 4 heteroatoms. The molecule has 0 unspecified atom stereocenters. The van der Waals surface area contributed by atoms with Crippen LogP contribution in [0.25, 0.3) is 10.8 Å². The lowest BCUT2D eigenvalue weighted by molar-refractivity contribution is 0.0533. The highest BCUT2D eigenvalue weighted by atomic mass is 16.5. The van der Waals surface area contributed by atoms with Gasteiger partial charge in [-0.25, -0.2) is 0 Å². The van der Waals surface area contributed by atoms with Crippen LogP contribution in [0.4, 0.5) is 0 Å². The van der Waals surface area contributed by atoms with Crippen LogP contribution in [0.15, 0.2) is 66.7 Å². The minimum Gasteiger partial charge on any atom is -0.497 e. The van der Waals surface area contributed by atoms with E-state index in [-0.39, 0.29) is 17.4 Å². The topological polar surface area (TPSA) is 41.6 Å². The van der Waals surface area contributed by atoms with Crippen molar-refractivity contribution in [3.05, 3.63) is 77.9 Å². The quantitative estimate of drug-likeness (QED) is 0.634. The fourth-order valence-electron chi connectivity index (χ4n) is 5.97. The van der Waals surface area contributed by atoms with Crippen LogP contribution in [0.5, 0.6) is 5.75 Å². The zero-order chi connectivity index (χ0) is 22.1. The molecule has 1 heterocycles. The Balaban J connectivity index is 1.40. The van der Waals surface area contributed by atoms with E-state index in [2.05, 4.69) is 47.6 Å². The van der Waals surface area contributed by atoms with Crippen molar-refractivity contribution in [3.63, 3.8) is 0 Å². The third-order valence-electron chi connectivity index (χ3n) is 7.72. The van der Waals surface area contributed by atoms with Crippen molar-refractivity contribution in [1.82, 2.24) is 10.2 Å². The Morgan fingerprint density at radius 3 is 2.72 bits per heavy atom. The fraction of sp³-hybridized carbons (Fsp3) is 0.393. The smallest absolute Gasteiger partial charge is 0.251 e. The minimum atomic E-state index is 0.0351. The molecule has 1 saturated heterocycles. The minimum absolute atomic E-state index is 0.0351. The zero-order valence-corrected chi connectivity index (χ0v) is 19.0. The van der Waals surface area contributed by atoms with Gasteiger partial charge in [0.05, 0.1) is 7.11 Å². The van der Waals surface area contributed by atoms with Crippen molar-refractivity contribution >= 4 is 16.7 Å². The van der Waals surface area contributed by atoms with Gasteiger partial charge in [-0.2, -0.15) is 0 Å². The van der Waals surface area contributed by atoms with Crippen LogP contribution in [0.2, 0.25) is 0 Å². The Morgan fingerprint density at radius 1 is 1.03 bits per heavy atom. The molecule has 5 rings (SSSR count). The number of fused-ring (bicyclic) bond motifs is 2. The van der Waals surface area contributed by atoms with Crippen LogP contribution in [0.1, 0.15) is 41.6 Å². The molecule has 0 bridgehead atoms. The maximum absolute atomic E-state index is 13.2. The molecule has 1 N–H and O–H groups in total. The number of ether oxygens (including phenoxy) is 1. The van der Waals surface area contributed by atoms with Crippen molar-refractivity contribution in [2.24, 2.45) is 5.92 Å². The molecule has 3 aromatic carbocycles. The fourth-order valence-corrected chi connectivity index (χ4v) is 5.97. The van der Waals surface area contributed by atoms with Gasteiger partial charge in [0.25, 0.3) is 5.91 Å². The van der Waals surface area contributed by atoms with Gasteiger partial charge < -0.3 is 15.0 Å². The van der Waals surface area contributed by atoms with Gasteiger partial charge >= 0.3 is 0 Å². The summed E-state index contributed by atoms with van der Waals surface area (Å²) in [5.74, 6) is 1.55. The van der Waals surface area contributed by atoms with E-state index < -0.39 is 0 Å². The van der Waals surface area contributed by atoms with Gasteiger partial charge in [0, 0.05) is 23.6 Å². The van der Waals surface area contributed by atoms with Crippen LogP contribution >= 0.6 is 0 Å². The number of carbonyl (C=O) groups excluding carboxylic acids is 1. The van der Waals surface area contributed by atoms with Crippen LogP contribution in [-0.4, -0.2) is 44.1 Å². The number of nitrogens with one attached hydrogen (secondary N) is 1. The van der Waals surface area contributed by atoms with Gasteiger partial charge in [-0.15, -0.1) is 0 Å². The first kappa shape index (κ1) is 21.0. The van der Waals surface area contributed by atoms with E-state index in [1.165, 1.54) is 5.56 Å². The summed E-state index contributed by atoms with van der Waals surface area (Å²) in [4.78, 5) is 15.6. The van der Waals surface area contributed by atoms with Crippen LogP contribution in [0, 0.1) is 5.92 Å². The van der Waals surface area contributed by atoms with E-state index in [0.717, 1.165) is 60.9 Å². The van der Waals surface area contributed by atoms with Gasteiger partial charge in [-0.3, -0.25) is 4.79 Å². The third-order valence-corrected chi connectivity index (χ3v) is 7.72. The van der Waals surface area contributed by atoms with E-state index >= 15 is 0 Å². The number of likely N-dealkylation sites (tertiary alicyclic amines) is 1. The van der Waals surface area contributed by atoms with E-state index in [4.69, 9.17) is 4.74 Å². The maximum Gasteiger partial charge on any atom is 0.251 e. The van der Waals surface area contributed by atoms with E-state index in [1.807, 2.05) is 36.4 Å². The molecule has 0 aromatic heterocycles. The van der Waals surface area contributed by atoms with Gasteiger partial charge in [0.1, 0.15) is 5.75 Å². The lowest BCUT2D eigenvalue weighted by atomic mass is 9.58. The summed E-state index contributed by atoms with van der Waals surface area (Å²) in [6, 6.07) is 22.9. The number of nitrogens with zero attached hydrogens (tertiary/aromatic N) is 1. The van der Waals surface area contributed by atoms with Gasteiger partial charge in [0.2, 0.25) is 0 Å². The second-order valence-electron chi connectivity index (χ2n) is 9.61. The van der Waals surface area contributed by atoms with Gasteiger partial charge in [0.15, 0.2) is 0 Å². The Morgan fingerprint density at radius 2 is 1.88 bits per heavy atom. The summed E-state index contributed by atoms with van der Waals surface area (Å²) in [5, 5.41) is 5.65. The van der Waals surface area contributed by atoms with E-state index in [9.17, 15) is 4.79 Å². The molecule has 0 spiro atoms. The monoisotopic (exact) mass is 428 g/mol. The highest BCUT2D eigenvalue weighted by molar-refractivity contribution is 5.98. The SMILES string of the molecule is COc1cccc([C@@]23CCN(C)C[C@H]2CC[C@H](NC(=O)c2ccc4ccccc4c2)C3)c1. The molecule has 3 atom stereocenters. The lowest BCUT2D eigenvalue weighted by Crippen LogP contribution is -2.55. The summed E-state index contributed by atoms with van der Waals surface area (Å²) >= 11 is 0. The molecular weight excluding hydrogens is 396 g/mol. The van der Waals surface area contributed by atoms with Gasteiger partial charge in [-0.1, -0.05) is 42.5 Å². The number of hydrogen-bond donors (Lipinski definition) is 1. The van der Waals surface area contributed by atoms with Crippen LogP contribution < -0.4 is 10.1 Å². The largest absolute Gasteiger partial charge is 0.497 e. The molecule has 0 radical (unpaired) electrons. The molecular formula is C28H32N2O2. The molecule has 166 valence electrons. The number of carbonyl (C=O) groups is 1. The first-order valence-electron chi connectivity index (χ1n) is 11.7. The first-order chi connectivity index (χ1) is 15.6. The van der Waals surface area contributed by atoms with Crippen molar-refractivity contribution in [2.75, 3.05) is 27.2 Å². The normalized spacial score (nSPS) is 25.8. The van der Waals surface area contributed by atoms with E-state index in [1.54, 1.807) is 7.11 Å². The average Bonchev–Trinajstić information content (AvgIpc) is 2.84. The van der Waals surface area contributed by atoms with E-state index in [0.29, 0.717) is 5.92 Å². The van der Waals surface area contributed by atoms with Crippen LogP contribution in [0.3, 0.4) is 0 Å². The summed E-state index contributed by atoms with van der Waals surface area (Å²) in [6.45, 7) is 2.20. The number of methoxy groups -OCH3 is 1. The summed E-state index contributed by atoms with van der Waals surface area (Å²) in [5.41, 5.74) is 2.19. The molecule has 1 aliphatic carbocycles. The van der Waals surface area contributed by atoms with Crippen molar-refractivity contribution in [3.8, 4) is 5.75 Å². The first-order valence-corrected chi connectivity index (χ1v) is 11.7. The van der Waals surface area contributed by atoms with Crippen LogP contribution in [-0.2, 0) is 5.41 Å². The van der Waals surface area contributed by atoms with Crippen molar-refractivity contribution < 1.29 is 9.53 Å². The second-order valence-corrected chi connectivity index (χ2v) is 9.61. The number of amides is 1. The number of benzene rings is 3. The lowest BCUT2D eigenvalue weighted by Gasteiger charge is -2.52. The Hall–Kier alpha value is -2.85. The molecule has 3 aromatic rings. The zero-order valence-electron chi connectivity index (χ0n) is 19.0. The maximum atomic E-state index is 13.2. The number of hydrogen-bond acceptors (Lipinski definition) is 3. The molecule has 1 aliphatic heterocycles. The number of rotatable bonds is 4. The molecule has 1 saturated carbocycles. The third kappa shape index (κ3) is 3.88.